The van der Waals surface area contributed by atoms with Crippen LogP contribution in [0.2, 0.25) is 0 Å². The molecule has 0 spiro atoms. The zero-order valence-electron chi connectivity index (χ0n) is 10.9. The number of nitrogens with one attached hydrogen (secondary N) is 2. The maximum atomic E-state index is 11.8. The second kappa shape index (κ2) is 5.71. The van der Waals surface area contributed by atoms with Gasteiger partial charge in [0.2, 0.25) is 5.91 Å². The molecule has 0 aromatic heterocycles. The Kier molecular flexibility index (Phi) is 4.01. The quantitative estimate of drug-likeness (QED) is 0.724. The second-order valence-corrected chi connectivity index (χ2v) is 4.50. The molecule has 1 aliphatic heterocycles. The van der Waals surface area contributed by atoms with Gasteiger partial charge in [0.05, 0.1) is 11.4 Å². The zero-order valence-corrected chi connectivity index (χ0v) is 10.9. The van der Waals surface area contributed by atoms with Crippen molar-refractivity contribution in [3.8, 4) is 0 Å². The van der Waals surface area contributed by atoms with Gasteiger partial charge in [-0.2, -0.15) is 0 Å². The summed E-state index contributed by atoms with van der Waals surface area (Å²) in [5, 5.41) is 5.52. The van der Waals surface area contributed by atoms with Gasteiger partial charge in [-0.05, 0) is 18.2 Å². The van der Waals surface area contributed by atoms with E-state index in [4.69, 9.17) is 5.73 Å². The van der Waals surface area contributed by atoms with Crippen LogP contribution in [0.15, 0.2) is 18.2 Å². The number of carbonyl (C=O) groups is 2. The van der Waals surface area contributed by atoms with E-state index in [0.29, 0.717) is 37.3 Å². The minimum atomic E-state index is -0.186. The Morgan fingerprint density at radius 3 is 3.05 bits per heavy atom. The third kappa shape index (κ3) is 3.03. The fourth-order valence-electron chi connectivity index (χ4n) is 2.00. The summed E-state index contributed by atoms with van der Waals surface area (Å²) in [6.45, 7) is 1.50. The van der Waals surface area contributed by atoms with E-state index in [1.807, 2.05) is 18.0 Å². The first kappa shape index (κ1) is 13.4. The Balaban J connectivity index is 2.26. The molecule has 0 bridgehead atoms. The van der Waals surface area contributed by atoms with Gasteiger partial charge in [-0.1, -0.05) is 0 Å². The molecule has 1 heterocycles. The maximum Gasteiger partial charge on any atom is 0.251 e. The van der Waals surface area contributed by atoms with E-state index >= 15 is 0 Å². The number of hydrogen-bond acceptors (Lipinski definition) is 4. The lowest BCUT2D eigenvalue weighted by Gasteiger charge is -2.18. The van der Waals surface area contributed by atoms with Crippen molar-refractivity contribution in [1.29, 1.82) is 0 Å². The molecule has 0 unspecified atom stereocenters. The van der Waals surface area contributed by atoms with Crippen LogP contribution in [0, 0.1) is 0 Å². The summed E-state index contributed by atoms with van der Waals surface area (Å²) < 4.78 is 0. The molecule has 2 amide bonds. The summed E-state index contributed by atoms with van der Waals surface area (Å²) in [5.74, 6) is -0.223. The van der Waals surface area contributed by atoms with Crippen LogP contribution in [-0.2, 0) is 4.79 Å². The van der Waals surface area contributed by atoms with E-state index in [1.54, 1.807) is 12.1 Å². The van der Waals surface area contributed by atoms with E-state index in [9.17, 15) is 9.59 Å². The molecular weight excluding hydrogens is 244 g/mol. The molecule has 0 radical (unpaired) electrons. The number of hydrogen-bond donors (Lipinski definition) is 3. The van der Waals surface area contributed by atoms with Crippen LogP contribution in [0.25, 0.3) is 0 Å². The Labute approximate surface area is 112 Å². The SMILES string of the molecule is CN1CCC(=O)Nc2cc(C(=O)NCCN)ccc21. The van der Waals surface area contributed by atoms with Crippen LogP contribution in [0.4, 0.5) is 11.4 Å². The van der Waals surface area contributed by atoms with Crippen LogP contribution in [0.1, 0.15) is 16.8 Å². The van der Waals surface area contributed by atoms with Crippen molar-refractivity contribution in [3.05, 3.63) is 23.8 Å². The van der Waals surface area contributed by atoms with Gasteiger partial charge in [-0.25, -0.2) is 0 Å². The molecular formula is C13H18N4O2. The summed E-state index contributed by atoms with van der Waals surface area (Å²) in [5.41, 5.74) is 7.45. The molecule has 0 aliphatic carbocycles. The molecule has 0 saturated heterocycles. The maximum absolute atomic E-state index is 11.8. The number of rotatable bonds is 3. The van der Waals surface area contributed by atoms with E-state index in [0.717, 1.165) is 5.69 Å². The van der Waals surface area contributed by atoms with Crippen LogP contribution in [-0.4, -0.2) is 38.5 Å². The van der Waals surface area contributed by atoms with Crippen LogP contribution in [0.3, 0.4) is 0 Å². The van der Waals surface area contributed by atoms with Crippen molar-refractivity contribution < 1.29 is 9.59 Å². The molecule has 6 nitrogen and oxygen atoms in total. The molecule has 1 aromatic rings. The Morgan fingerprint density at radius 1 is 1.53 bits per heavy atom. The van der Waals surface area contributed by atoms with Gasteiger partial charge in [0, 0.05) is 38.7 Å². The molecule has 1 aliphatic rings. The van der Waals surface area contributed by atoms with Gasteiger partial charge in [-0.15, -0.1) is 0 Å². The van der Waals surface area contributed by atoms with Crippen LogP contribution < -0.4 is 21.3 Å². The average molecular weight is 262 g/mol. The van der Waals surface area contributed by atoms with Gasteiger partial charge in [0.25, 0.3) is 5.91 Å². The molecule has 0 atom stereocenters. The average Bonchev–Trinajstić information content (AvgIpc) is 2.55. The third-order valence-electron chi connectivity index (χ3n) is 3.05. The molecule has 0 fully saturated rings. The minimum Gasteiger partial charge on any atom is -0.372 e. The molecule has 2 rings (SSSR count). The highest BCUT2D eigenvalue weighted by Gasteiger charge is 2.18. The first-order valence-corrected chi connectivity index (χ1v) is 6.25. The lowest BCUT2D eigenvalue weighted by atomic mass is 10.1. The van der Waals surface area contributed by atoms with Crippen molar-refractivity contribution >= 4 is 23.2 Å². The van der Waals surface area contributed by atoms with E-state index in [2.05, 4.69) is 10.6 Å². The number of nitrogens with two attached hydrogens (primary N) is 1. The largest absolute Gasteiger partial charge is 0.372 e. The highest BCUT2D eigenvalue weighted by molar-refractivity contribution is 6.00. The zero-order chi connectivity index (χ0) is 13.8. The highest BCUT2D eigenvalue weighted by atomic mass is 16.2. The predicted molar refractivity (Wildman–Crippen MR) is 74.3 cm³/mol. The second-order valence-electron chi connectivity index (χ2n) is 4.50. The first-order chi connectivity index (χ1) is 9.11. The highest BCUT2D eigenvalue weighted by Crippen LogP contribution is 2.28. The fourth-order valence-corrected chi connectivity index (χ4v) is 2.00. The monoisotopic (exact) mass is 262 g/mol. The fraction of sp³-hybridized carbons (Fsp3) is 0.385. The number of carbonyl (C=O) groups excluding carboxylic acids is 2. The normalized spacial score (nSPS) is 14.4. The summed E-state index contributed by atoms with van der Waals surface area (Å²) >= 11 is 0. The number of nitrogens with zero attached hydrogens (tertiary/aromatic N) is 1. The standard InChI is InChI=1S/C13H18N4O2/c1-17-7-4-12(18)16-10-8-9(2-3-11(10)17)13(19)15-6-5-14/h2-3,8H,4-7,14H2,1H3,(H,15,19)(H,16,18). The summed E-state index contributed by atoms with van der Waals surface area (Å²) in [6.07, 6.45) is 0.444. The number of amides is 2. The topological polar surface area (TPSA) is 87.5 Å². The summed E-state index contributed by atoms with van der Waals surface area (Å²) in [7, 11) is 1.92. The Hall–Kier alpha value is -2.08. The number of benzene rings is 1. The lowest BCUT2D eigenvalue weighted by molar-refractivity contribution is -0.115. The lowest BCUT2D eigenvalue weighted by Crippen LogP contribution is -2.29. The number of anilines is 2. The molecule has 1 aromatic carbocycles. The Bertz CT molecular complexity index is 501. The van der Waals surface area contributed by atoms with Gasteiger partial charge >= 0.3 is 0 Å². The smallest absolute Gasteiger partial charge is 0.251 e. The molecule has 102 valence electrons. The van der Waals surface area contributed by atoms with Crippen molar-refractivity contribution in [2.24, 2.45) is 5.73 Å². The van der Waals surface area contributed by atoms with E-state index in [1.165, 1.54) is 0 Å². The van der Waals surface area contributed by atoms with E-state index in [-0.39, 0.29) is 11.8 Å². The number of fused-ring (bicyclic) bond motifs is 1. The van der Waals surface area contributed by atoms with Crippen molar-refractivity contribution in [3.63, 3.8) is 0 Å². The molecule has 19 heavy (non-hydrogen) atoms. The Morgan fingerprint density at radius 2 is 2.32 bits per heavy atom. The summed E-state index contributed by atoms with van der Waals surface area (Å²) in [6, 6.07) is 5.29. The van der Waals surface area contributed by atoms with Gasteiger partial charge in [0.15, 0.2) is 0 Å². The van der Waals surface area contributed by atoms with Crippen molar-refractivity contribution in [1.82, 2.24) is 5.32 Å². The molecule has 6 heteroatoms. The van der Waals surface area contributed by atoms with Gasteiger partial charge < -0.3 is 21.3 Å². The van der Waals surface area contributed by atoms with Gasteiger partial charge in [0.1, 0.15) is 0 Å². The van der Waals surface area contributed by atoms with E-state index < -0.39 is 0 Å². The van der Waals surface area contributed by atoms with Crippen LogP contribution >= 0.6 is 0 Å². The van der Waals surface area contributed by atoms with Gasteiger partial charge in [-0.3, -0.25) is 9.59 Å². The first-order valence-electron chi connectivity index (χ1n) is 6.25. The summed E-state index contributed by atoms with van der Waals surface area (Å²) in [4.78, 5) is 25.4. The van der Waals surface area contributed by atoms with Crippen molar-refractivity contribution in [2.75, 3.05) is 36.9 Å². The predicted octanol–water partition coefficient (Wildman–Crippen LogP) is 0.154. The minimum absolute atomic E-state index is 0.0369. The molecule has 0 saturated carbocycles. The third-order valence-corrected chi connectivity index (χ3v) is 3.05. The molecule has 4 N–H and O–H groups in total. The van der Waals surface area contributed by atoms with Crippen molar-refractivity contribution in [2.45, 2.75) is 6.42 Å². The van der Waals surface area contributed by atoms with Crippen LogP contribution in [0.5, 0.6) is 0 Å².